The topological polar surface area (TPSA) is 104 Å². The average Bonchev–Trinajstić information content (AvgIpc) is 3.06. The highest BCUT2D eigenvalue weighted by Crippen LogP contribution is 2.27. The zero-order valence-corrected chi connectivity index (χ0v) is 18.0. The van der Waals surface area contributed by atoms with E-state index in [1.807, 2.05) is 6.07 Å². The summed E-state index contributed by atoms with van der Waals surface area (Å²) in [4.78, 5) is 16.7. The number of hydrogen-bond donors (Lipinski definition) is 1. The lowest BCUT2D eigenvalue weighted by molar-refractivity contribution is -0.122. The van der Waals surface area contributed by atoms with Crippen LogP contribution in [0.5, 0.6) is 0 Å². The number of rotatable bonds is 6. The molecule has 1 fully saturated rings. The van der Waals surface area contributed by atoms with Crippen molar-refractivity contribution in [1.29, 1.82) is 0 Å². The molecule has 0 spiro atoms. The Hall–Kier alpha value is -3.07. The second kappa shape index (κ2) is 9.38. The number of nitrogens with zero attached hydrogens (tertiary/aromatic N) is 4. The number of aromatic nitrogens is 1. The number of nitrogens with one attached hydrogen (secondary N) is 1. The van der Waals surface area contributed by atoms with E-state index in [4.69, 9.17) is 0 Å². The van der Waals surface area contributed by atoms with Crippen LogP contribution in [0.15, 0.2) is 63.2 Å². The number of amides is 1. The summed E-state index contributed by atoms with van der Waals surface area (Å²) in [5.41, 5.74) is 1.24. The molecule has 1 aliphatic carbocycles. The second-order valence-electron chi connectivity index (χ2n) is 7.69. The molecule has 0 unspecified atom stereocenters. The number of hydrogen-bond acceptors (Lipinski definition) is 6. The minimum atomic E-state index is -3.78. The molecule has 8 nitrogen and oxygen atoms in total. The molecule has 1 aromatic carbocycles. The molecule has 2 aromatic rings. The van der Waals surface area contributed by atoms with Crippen molar-refractivity contribution < 1.29 is 13.2 Å². The van der Waals surface area contributed by atoms with E-state index in [1.54, 1.807) is 42.9 Å². The monoisotopic (exact) mass is 439 g/mol. The van der Waals surface area contributed by atoms with Crippen LogP contribution in [0, 0.1) is 0 Å². The molecule has 162 valence electrons. The lowest BCUT2D eigenvalue weighted by Crippen LogP contribution is -2.38. The van der Waals surface area contributed by atoms with E-state index in [-0.39, 0.29) is 35.6 Å². The molecule has 1 aromatic heterocycles. The Labute approximate surface area is 182 Å². The van der Waals surface area contributed by atoms with Crippen molar-refractivity contribution in [3.05, 3.63) is 59.9 Å². The summed E-state index contributed by atoms with van der Waals surface area (Å²) in [5, 5.41) is 9.02. The van der Waals surface area contributed by atoms with Crippen LogP contribution in [0.25, 0.3) is 0 Å². The Bertz CT molecular complexity index is 1090. The van der Waals surface area contributed by atoms with Gasteiger partial charge >= 0.3 is 0 Å². The van der Waals surface area contributed by atoms with Crippen LogP contribution in [-0.2, 0) is 14.8 Å². The lowest BCUT2D eigenvalue weighted by atomic mass is 9.95. The summed E-state index contributed by atoms with van der Waals surface area (Å²) in [6.45, 7) is 0.206. The van der Waals surface area contributed by atoms with Crippen molar-refractivity contribution in [3.8, 4) is 0 Å². The van der Waals surface area contributed by atoms with E-state index in [0.717, 1.165) is 31.2 Å². The van der Waals surface area contributed by atoms with Crippen molar-refractivity contribution in [2.75, 3.05) is 6.54 Å². The van der Waals surface area contributed by atoms with Crippen molar-refractivity contribution >= 4 is 28.0 Å². The van der Waals surface area contributed by atoms with Crippen LogP contribution in [0.4, 0.5) is 0 Å². The Morgan fingerprint density at radius 1 is 1.16 bits per heavy atom. The largest absolute Gasteiger partial charge is 0.353 e. The fraction of sp³-hybridized carbons (Fsp3) is 0.364. The Morgan fingerprint density at radius 2 is 1.97 bits per heavy atom. The van der Waals surface area contributed by atoms with Gasteiger partial charge in [-0.15, -0.1) is 4.40 Å². The van der Waals surface area contributed by atoms with E-state index in [0.29, 0.717) is 5.56 Å². The Kier molecular flexibility index (Phi) is 6.41. The molecule has 4 rings (SSSR count). The summed E-state index contributed by atoms with van der Waals surface area (Å²) in [6.07, 6.45) is 10.6. The maximum Gasteiger partial charge on any atom is 0.285 e. The first-order valence-electron chi connectivity index (χ1n) is 10.5. The van der Waals surface area contributed by atoms with E-state index in [9.17, 15) is 13.2 Å². The smallest absolute Gasteiger partial charge is 0.285 e. The molecule has 0 saturated heterocycles. The summed E-state index contributed by atoms with van der Waals surface area (Å²) in [7, 11) is -3.78. The molecule has 0 radical (unpaired) electrons. The van der Waals surface area contributed by atoms with Gasteiger partial charge in [-0.05, 0) is 31.0 Å². The molecule has 0 atom stereocenters. The zero-order chi connectivity index (χ0) is 21.7. The van der Waals surface area contributed by atoms with Crippen molar-refractivity contribution in [1.82, 2.24) is 15.3 Å². The van der Waals surface area contributed by atoms with Crippen molar-refractivity contribution in [2.24, 2.45) is 9.50 Å². The fourth-order valence-electron chi connectivity index (χ4n) is 3.84. The number of sulfonamides is 1. The predicted octanol–water partition coefficient (Wildman–Crippen LogP) is 2.71. The average molecular weight is 440 g/mol. The predicted molar refractivity (Wildman–Crippen MR) is 118 cm³/mol. The Morgan fingerprint density at radius 3 is 2.74 bits per heavy atom. The molecule has 2 aliphatic rings. The standard InChI is InChI=1S/C22H25N5O3S/c28-21(25-18-8-2-1-3-9-18)12-14-27(24-16-17-7-6-13-23-15-17)22-19-10-4-5-11-20(19)31(29,30)26-22/h4-7,10-11,13,15-16,18H,1-3,8-9,12,14H2,(H,25,28)/b24-16+. The maximum absolute atomic E-state index is 12.5. The second-order valence-corrected chi connectivity index (χ2v) is 9.27. The summed E-state index contributed by atoms with van der Waals surface area (Å²) in [6, 6.07) is 10.5. The third kappa shape index (κ3) is 5.16. The summed E-state index contributed by atoms with van der Waals surface area (Å²) in [5.74, 6) is 0.157. The van der Waals surface area contributed by atoms with Gasteiger partial charge in [0.2, 0.25) is 5.91 Å². The molecular formula is C22H25N5O3S. The van der Waals surface area contributed by atoms with Gasteiger partial charge in [-0.2, -0.15) is 13.5 Å². The maximum atomic E-state index is 12.5. The Balaban J connectivity index is 1.54. The van der Waals surface area contributed by atoms with Crippen molar-refractivity contribution in [3.63, 3.8) is 0 Å². The van der Waals surface area contributed by atoms with Gasteiger partial charge in [0.15, 0.2) is 5.84 Å². The highest BCUT2D eigenvalue weighted by atomic mass is 32.2. The number of hydrazone groups is 1. The van der Waals surface area contributed by atoms with E-state index >= 15 is 0 Å². The van der Waals surface area contributed by atoms with Gasteiger partial charge in [-0.3, -0.25) is 9.78 Å². The van der Waals surface area contributed by atoms with Gasteiger partial charge in [-0.25, -0.2) is 5.01 Å². The number of carbonyl (C=O) groups is 1. The normalized spacial score (nSPS) is 17.9. The SMILES string of the molecule is O=C(CCN(/N=C/c1cccnc1)C1=NS(=O)(=O)c2ccccc21)NC1CCCCC1. The van der Waals surface area contributed by atoms with Crippen LogP contribution in [0.1, 0.15) is 49.7 Å². The first-order chi connectivity index (χ1) is 15.0. The highest BCUT2D eigenvalue weighted by Gasteiger charge is 2.32. The number of pyridine rings is 1. The number of carbonyl (C=O) groups excluding carboxylic acids is 1. The van der Waals surface area contributed by atoms with Crippen LogP contribution in [0.2, 0.25) is 0 Å². The molecule has 0 bridgehead atoms. The quantitative estimate of drug-likeness (QED) is 0.550. The van der Waals surface area contributed by atoms with Gasteiger partial charge in [0.05, 0.1) is 12.8 Å². The number of benzene rings is 1. The van der Waals surface area contributed by atoms with Gasteiger partial charge in [0.25, 0.3) is 10.0 Å². The molecule has 31 heavy (non-hydrogen) atoms. The molecule has 1 aliphatic heterocycles. The van der Waals surface area contributed by atoms with Crippen molar-refractivity contribution in [2.45, 2.75) is 49.5 Å². The third-order valence-electron chi connectivity index (χ3n) is 5.41. The van der Waals surface area contributed by atoms with Crippen LogP contribution < -0.4 is 5.32 Å². The van der Waals surface area contributed by atoms with E-state index in [2.05, 4.69) is 19.8 Å². The molecule has 1 N–H and O–H groups in total. The van der Waals surface area contributed by atoms with Gasteiger partial charge in [-0.1, -0.05) is 37.5 Å². The lowest BCUT2D eigenvalue weighted by Gasteiger charge is -2.24. The van der Waals surface area contributed by atoms with Gasteiger partial charge in [0, 0.05) is 36.0 Å². The fourth-order valence-corrected chi connectivity index (χ4v) is 5.04. The minimum absolute atomic E-state index is 0.0665. The van der Waals surface area contributed by atoms with Gasteiger partial charge < -0.3 is 5.32 Å². The molecule has 9 heteroatoms. The summed E-state index contributed by atoms with van der Waals surface area (Å²) >= 11 is 0. The molecule has 2 heterocycles. The van der Waals surface area contributed by atoms with Crippen LogP contribution in [0.3, 0.4) is 0 Å². The molecular weight excluding hydrogens is 414 g/mol. The van der Waals surface area contributed by atoms with Gasteiger partial charge in [0.1, 0.15) is 4.90 Å². The number of fused-ring (bicyclic) bond motifs is 1. The van der Waals surface area contributed by atoms with Crippen LogP contribution >= 0.6 is 0 Å². The minimum Gasteiger partial charge on any atom is -0.353 e. The van der Waals surface area contributed by atoms with Crippen LogP contribution in [-0.4, -0.2) is 49.0 Å². The summed E-state index contributed by atoms with van der Waals surface area (Å²) < 4.78 is 28.9. The van der Waals surface area contributed by atoms with E-state index < -0.39 is 10.0 Å². The molecule has 1 saturated carbocycles. The first kappa shape index (κ1) is 21.2. The van der Waals surface area contributed by atoms with E-state index in [1.165, 1.54) is 17.5 Å². The molecule has 1 amide bonds. The first-order valence-corrected chi connectivity index (χ1v) is 11.9. The highest BCUT2D eigenvalue weighted by molar-refractivity contribution is 7.90. The number of amidine groups is 1. The third-order valence-corrected chi connectivity index (χ3v) is 6.73. The zero-order valence-electron chi connectivity index (χ0n) is 17.1.